The average Bonchev–Trinajstić information content (AvgIpc) is 2.46. The molecule has 0 aromatic heterocycles. The highest BCUT2D eigenvalue weighted by Gasteiger charge is 2.26. The third-order valence-electron chi connectivity index (χ3n) is 4.31. The Hall–Kier alpha value is -0.870. The van der Waals surface area contributed by atoms with Crippen molar-refractivity contribution < 1.29 is 8.42 Å². The lowest BCUT2D eigenvalue weighted by atomic mass is 9.91. The van der Waals surface area contributed by atoms with E-state index in [4.69, 9.17) is 0 Å². The minimum Gasteiger partial charge on any atom is -0.212 e. The van der Waals surface area contributed by atoms with E-state index in [2.05, 4.69) is 18.6 Å². The number of nitrogens with one attached hydrogen (secondary N) is 1. The molecule has 1 aliphatic carbocycles. The lowest BCUT2D eigenvalue weighted by Crippen LogP contribution is -2.35. The predicted octanol–water partition coefficient (Wildman–Crippen LogP) is 3.88. The molecule has 1 aromatic carbocycles. The first-order valence-corrected chi connectivity index (χ1v) is 9.68. The molecule has 1 saturated carbocycles. The quantitative estimate of drug-likeness (QED) is 0.866. The number of hydrogen-bond acceptors (Lipinski definition) is 2. The zero-order valence-corrected chi connectivity index (χ0v) is 13.9. The molecule has 1 atom stereocenters. The summed E-state index contributed by atoms with van der Waals surface area (Å²) < 4.78 is 27.9. The van der Waals surface area contributed by atoms with Crippen LogP contribution < -0.4 is 4.72 Å². The highest BCUT2D eigenvalue weighted by atomic mass is 32.2. The van der Waals surface area contributed by atoms with Crippen LogP contribution in [0.5, 0.6) is 0 Å². The third kappa shape index (κ3) is 5.11. The Morgan fingerprint density at radius 3 is 2.29 bits per heavy atom. The molecule has 3 nitrogen and oxygen atoms in total. The summed E-state index contributed by atoms with van der Waals surface area (Å²) in [5.74, 6) is 0.844. The second-order valence-electron chi connectivity index (χ2n) is 6.54. The van der Waals surface area contributed by atoms with Gasteiger partial charge in [-0.15, -0.1) is 0 Å². The summed E-state index contributed by atoms with van der Waals surface area (Å²) in [6.07, 6.45) is 5.71. The fourth-order valence-corrected chi connectivity index (χ4v) is 5.00. The lowest BCUT2D eigenvalue weighted by molar-refractivity contribution is 0.381. The van der Waals surface area contributed by atoms with E-state index in [1.807, 2.05) is 30.3 Å². The molecule has 21 heavy (non-hydrogen) atoms. The summed E-state index contributed by atoms with van der Waals surface area (Å²) >= 11 is 0. The summed E-state index contributed by atoms with van der Waals surface area (Å²) in [6.45, 7) is 4.11. The van der Waals surface area contributed by atoms with Crippen LogP contribution >= 0.6 is 0 Å². The average molecular weight is 309 g/mol. The van der Waals surface area contributed by atoms with E-state index in [1.54, 1.807) is 0 Å². The van der Waals surface area contributed by atoms with Crippen molar-refractivity contribution in [1.29, 1.82) is 0 Å². The molecule has 2 rings (SSSR count). The Morgan fingerprint density at radius 1 is 1.10 bits per heavy atom. The predicted molar refractivity (Wildman–Crippen MR) is 87.5 cm³/mol. The number of rotatable bonds is 6. The summed E-state index contributed by atoms with van der Waals surface area (Å²) in [5.41, 5.74) is 1.04. The van der Waals surface area contributed by atoms with Crippen molar-refractivity contribution in [1.82, 2.24) is 4.72 Å². The standard InChI is InChI=1S/C17H27NO2S/c1-14(2)17(16-11-7-4-8-12-16)18-21(19,20)13-15-9-5-3-6-10-15/h4,7-8,11-12,14-15,17-18H,3,5-6,9-10,13H2,1-2H3. The molecular weight excluding hydrogens is 282 g/mol. The van der Waals surface area contributed by atoms with Gasteiger partial charge >= 0.3 is 0 Å². The maximum atomic E-state index is 12.5. The van der Waals surface area contributed by atoms with Gasteiger partial charge in [-0.1, -0.05) is 63.4 Å². The zero-order valence-electron chi connectivity index (χ0n) is 13.1. The Morgan fingerprint density at radius 2 is 1.71 bits per heavy atom. The van der Waals surface area contributed by atoms with Gasteiger partial charge in [-0.05, 0) is 30.2 Å². The second kappa shape index (κ2) is 7.41. The van der Waals surface area contributed by atoms with Crippen LogP contribution in [0.3, 0.4) is 0 Å². The maximum absolute atomic E-state index is 12.5. The van der Waals surface area contributed by atoms with E-state index in [0.717, 1.165) is 18.4 Å². The number of sulfonamides is 1. The molecule has 1 fully saturated rings. The number of benzene rings is 1. The van der Waals surface area contributed by atoms with Gasteiger partial charge in [0.15, 0.2) is 0 Å². The van der Waals surface area contributed by atoms with Crippen molar-refractivity contribution in [2.75, 3.05) is 5.75 Å². The van der Waals surface area contributed by atoms with Crippen LogP contribution in [0.1, 0.15) is 57.6 Å². The van der Waals surface area contributed by atoms with E-state index in [-0.39, 0.29) is 17.7 Å². The first-order valence-electron chi connectivity index (χ1n) is 8.03. The van der Waals surface area contributed by atoms with Crippen molar-refractivity contribution in [3.8, 4) is 0 Å². The third-order valence-corrected chi connectivity index (χ3v) is 5.84. The molecule has 0 saturated heterocycles. The van der Waals surface area contributed by atoms with E-state index < -0.39 is 10.0 Å². The van der Waals surface area contributed by atoms with Gasteiger partial charge in [0.2, 0.25) is 10.0 Å². The van der Waals surface area contributed by atoms with Crippen LogP contribution in [-0.2, 0) is 10.0 Å². The fraction of sp³-hybridized carbons (Fsp3) is 0.647. The second-order valence-corrected chi connectivity index (χ2v) is 8.33. The van der Waals surface area contributed by atoms with Crippen LogP contribution in [-0.4, -0.2) is 14.2 Å². The van der Waals surface area contributed by atoms with Crippen LogP contribution in [0.25, 0.3) is 0 Å². The van der Waals surface area contributed by atoms with Gasteiger partial charge in [0.1, 0.15) is 0 Å². The molecule has 0 spiro atoms. The SMILES string of the molecule is CC(C)C(NS(=O)(=O)CC1CCCCC1)c1ccccc1. The van der Waals surface area contributed by atoms with Gasteiger partial charge in [0.25, 0.3) is 0 Å². The summed E-state index contributed by atoms with van der Waals surface area (Å²) in [5, 5.41) is 0. The first kappa shape index (κ1) is 16.5. The molecule has 4 heteroatoms. The van der Waals surface area contributed by atoms with E-state index in [9.17, 15) is 8.42 Å². The first-order chi connectivity index (χ1) is 9.98. The monoisotopic (exact) mass is 309 g/mol. The topological polar surface area (TPSA) is 46.2 Å². The molecule has 0 bridgehead atoms. The Bertz CT molecular complexity index is 519. The van der Waals surface area contributed by atoms with Gasteiger partial charge < -0.3 is 0 Å². The van der Waals surface area contributed by atoms with Crippen LogP contribution in [0, 0.1) is 11.8 Å². The van der Waals surface area contributed by atoms with E-state index in [0.29, 0.717) is 5.92 Å². The van der Waals surface area contributed by atoms with Crippen molar-refractivity contribution in [3.05, 3.63) is 35.9 Å². The van der Waals surface area contributed by atoms with E-state index >= 15 is 0 Å². The van der Waals surface area contributed by atoms with Crippen LogP contribution in [0.4, 0.5) is 0 Å². The fourth-order valence-electron chi connectivity index (χ4n) is 3.16. The van der Waals surface area contributed by atoms with Crippen molar-refractivity contribution in [3.63, 3.8) is 0 Å². The highest BCUT2D eigenvalue weighted by molar-refractivity contribution is 7.89. The van der Waals surface area contributed by atoms with Crippen LogP contribution in [0.2, 0.25) is 0 Å². The normalized spacial score (nSPS) is 18.8. The van der Waals surface area contributed by atoms with Crippen LogP contribution in [0.15, 0.2) is 30.3 Å². The van der Waals surface area contributed by atoms with Crippen molar-refractivity contribution >= 4 is 10.0 Å². The van der Waals surface area contributed by atoms with Crippen molar-refractivity contribution in [2.45, 2.75) is 52.0 Å². The summed E-state index contributed by atoms with van der Waals surface area (Å²) in [4.78, 5) is 0. The Labute approximate surface area is 129 Å². The summed E-state index contributed by atoms with van der Waals surface area (Å²) in [6, 6.07) is 9.72. The Kier molecular flexibility index (Phi) is 5.82. The van der Waals surface area contributed by atoms with Gasteiger partial charge in [-0.3, -0.25) is 0 Å². The highest BCUT2D eigenvalue weighted by Crippen LogP contribution is 2.27. The van der Waals surface area contributed by atoms with Crippen molar-refractivity contribution in [2.24, 2.45) is 11.8 Å². The molecule has 0 amide bonds. The maximum Gasteiger partial charge on any atom is 0.212 e. The Balaban J connectivity index is 2.05. The minimum absolute atomic E-state index is 0.139. The molecule has 0 aliphatic heterocycles. The van der Waals surface area contributed by atoms with Gasteiger partial charge in [0.05, 0.1) is 5.75 Å². The van der Waals surface area contributed by atoms with Gasteiger partial charge in [-0.25, -0.2) is 13.1 Å². The molecule has 1 unspecified atom stereocenters. The lowest BCUT2D eigenvalue weighted by Gasteiger charge is -2.26. The molecule has 1 aliphatic rings. The molecule has 118 valence electrons. The molecular formula is C17H27NO2S. The largest absolute Gasteiger partial charge is 0.212 e. The zero-order chi connectivity index (χ0) is 15.3. The molecule has 0 radical (unpaired) electrons. The number of hydrogen-bond donors (Lipinski definition) is 1. The molecule has 0 heterocycles. The van der Waals surface area contributed by atoms with Gasteiger partial charge in [-0.2, -0.15) is 0 Å². The summed E-state index contributed by atoms with van der Waals surface area (Å²) in [7, 11) is -3.22. The smallest absolute Gasteiger partial charge is 0.212 e. The van der Waals surface area contributed by atoms with Gasteiger partial charge in [0, 0.05) is 6.04 Å². The molecule has 1 aromatic rings. The molecule has 1 N–H and O–H groups in total. The minimum atomic E-state index is -3.22. The van der Waals surface area contributed by atoms with E-state index in [1.165, 1.54) is 19.3 Å².